The summed E-state index contributed by atoms with van der Waals surface area (Å²) < 4.78 is 10.9. The Labute approximate surface area is 408 Å². The summed E-state index contributed by atoms with van der Waals surface area (Å²) in [6.07, 6.45) is 3.86. The number of morpholine rings is 2. The Hall–Kier alpha value is -7.99. The van der Waals surface area contributed by atoms with E-state index < -0.39 is 0 Å². The van der Waals surface area contributed by atoms with Crippen LogP contribution >= 0.6 is 0 Å². The maximum absolute atomic E-state index is 12.8. The maximum atomic E-state index is 12.8. The van der Waals surface area contributed by atoms with Crippen molar-refractivity contribution in [3.8, 4) is 28.3 Å². The van der Waals surface area contributed by atoms with Gasteiger partial charge in [0.1, 0.15) is 0 Å². The van der Waals surface area contributed by atoms with Crippen molar-refractivity contribution in [2.75, 3.05) is 73.9 Å². The van der Waals surface area contributed by atoms with Crippen molar-refractivity contribution in [2.24, 2.45) is 0 Å². The fourth-order valence-electron chi connectivity index (χ4n) is 8.73. The van der Waals surface area contributed by atoms with E-state index in [0.29, 0.717) is 16.9 Å². The van der Waals surface area contributed by atoms with Gasteiger partial charge in [0, 0.05) is 84.9 Å². The minimum atomic E-state index is -0.346. The molecule has 4 heterocycles. The number of rotatable bonds is 10. The van der Waals surface area contributed by atoms with Gasteiger partial charge in [0.25, 0.3) is 0 Å². The number of nitrogens with one attached hydrogen (secondary N) is 4. The summed E-state index contributed by atoms with van der Waals surface area (Å²) in [5.74, 6) is 0. The summed E-state index contributed by atoms with van der Waals surface area (Å²) in [6.45, 7) is 12.6. The molecule has 0 unspecified atom stereocenters. The van der Waals surface area contributed by atoms with Crippen LogP contribution in [0.25, 0.3) is 43.8 Å². The molecule has 13 nitrogen and oxygen atoms in total. The highest BCUT2D eigenvalue weighted by Crippen LogP contribution is 2.35. The van der Waals surface area contributed by atoms with Gasteiger partial charge in [0.2, 0.25) is 0 Å². The Morgan fingerprint density at radius 2 is 1.00 bits per heavy atom. The molecule has 2 fully saturated rings. The molecule has 0 atom stereocenters. The van der Waals surface area contributed by atoms with Crippen LogP contribution in [0, 0.1) is 25.2 Å². The van der Waals surface area contributed by atoms with Crippen LogP contribution in [0.5, 0.6) is 0 Å². The molecule has 70 heavy (non-hydrogen) atoms. The van der Waals surface area contributed by atoms with Crippen LogP contribution in [0.4, 0.5) is 32.3 Å². The number of anilines is 4. The number of aryl methyl sites for hydroxylation is 1. The van der Waals surface area contributed by atoms with Crippen molar-refractivity contribution < 1.29 is 19.1 Å². The van der Waals surface area contributed by atoms with Gasteiger partial charge in [-0.2, -0.15) is 5.26 Å². The highest BCUT2D eigenvalue weighted by atomic mass is 16.5. The van der Waals surface area contributed by atoms with Crippen LogP contribution in [0.2, 0.25) is 0 Å². The van der Waals surface area contributed by atoms with Crippen molar-refractivity contribution >= 4 is 56.4 Å². The fourth-order valence-corrected chi connectivity index (χ4v) is 8.73. The minimum absolute atomic E-state index is 0.259. The van der Waals surface area contributed by atoms with Gasteiger partial charge in [-0.1, -0.05) is 84.9 Å². The molecule has 10 rings (SSSR count). The molecule has 8 aromatic rings. The quantitative estimate of drug-likeness (QED) is 0.105. The van der Waals surface area contributed by atoms with Gasteiger partial charge in [-0.05, 0) is 101 Å². The lowest BCUT2D eigenvalue weighted by atomic mass is 9.98. The molecule has 2 saturated heterocycles. The van der Waals surface area contributed by atoms with E-state index >= 15 is 0 Å². The van der Waals surface area contributed by atoms with Gasteiger partial charge < -0.3 is 30.7 Å². The normalized spacial score (nSPS) is 14.0. The number of carbonyl (C=O) groups is 2. The molecule has 352 valence electrons. The first-order chi connectivity index (χ1) is 34.3. The van der Waals surface area contributed by atoms with E-state index in [2.05, 4.69) is 79.6 Å². The average molecular weight is 930 g/mol. The smallest absolute Gasteiger partial charge is 0.323 e. The molecule has 4 amide bonds. The second kappa shape index (κ2) is 22.4. The summed E-state index contributed by atoms with van der Waals surface area (Å²) in [5.41, 5.74) is 12.0. The summed E-state index contributed by atoms with van der Waals surface area (Å²) in [6, 6.07) is 46.6. The largest absolute Gasteiger partial charge is 0.379 e. The molecular weight excluding hydrogens is 875 g/mol. The number of amides is 4. The third kappa shape index (κ3) is 11.6. The third-order valence-electron chi connectivity index (χ3n) is 12.7. The summed E-state index contributed by atoms with van der Waals surface area (Å²) >= 11 is 0. The SMILES string of the molecule is Cc1cccc(NC(=O)Nc2ccc(-c3ccc(CN4CCOCC4)nc3)c3ccccc23)c1C.N#Cc1ccc(NC(=O)Nc2ccc(-c3ccc(CN4CCOCC4)nc3)c3ccccc23)cc1. The summed E-state index contributed by atoms with van der Waals surface area (Å²) in [4.78, 5) is 39.6. The van der Waals surface area contributed by atoms with Crippen molar-refractivity contribution in [2.45, 2.75) is 26.9 Å². The number of ether oxygens (including phenoxy) is 2. The average Bonchev–Trinajstić information content (AvgIpc) is 3.39. The van der Waals surface area contributed by atoms with E-state index in [-0.39, 0.29) is 12.1 Å². The first kappa shape index (κ1) is 47.1. The third-order valence-corrected chi connectivity index (χ3v) is 12.7. The zero-order valence-corrected chi connectivity index (χ0v) is 39.4. The first-order valence-electron chi connectivity index (χ1n) is 23.5. The fraction of sp³-hybridized carbons (Fsp3) is 0.211. The molecule has 0 saturated carbocycles. The number of aromatic nitrogens is 2. The van der Waals surface area contributed by atoms with Crippen LogP contribution < -0.4 is 21.3 Å². The Kier molecular flexibility index (Phi) is 15.1. The van der Waals surface area contributed by atoms with E-state index in [4.69, 9.17) is 24.7 Å². The Morgan fingerprint density at radius 3 is 1.47 bits per heavy atom. The number of urea groups is 2. The highest BCUT2D eigenvalue weighted by molar-refractivity contribution is 6.11. The van der Waals surface area contributed by atoms with E-state index in [9.17, 15) is 9.59 Å². The highest BCUT2D eigenvalue weighted by Gasteiger charge is 2.16. The molecule has 0 bridgehead atoms. The second-order valence-corrected chi connectivity index (χ2v) is 17.4. The molecular formula is C57H55N9O4. The lowest BCUT2D eigenvalue weighted by molar-refractivity contribution is 0.0336. The van der Waals surface area contributed by atoms with Gasteiger partial charge in [-0.3, -0.25) is 19.8 Å². The lowest BCUT2D eigenvalue weighted by Gasteiger charge is -2.26. The topological polar surface area (TPSA) is 157 Å². The Balaban J connectivity index is 0.000000174. The zero-order chi connectivity index (χ0) is 48.2. The van der Waals surface area contributed by atoms with Crippen LogP contribution in [0.15, 0.2) is 152 Å². The van der Waals surface area contributed by atoms with Crippen molar-refractivity contribution in [1.29, 1.82) is 5.26 Å². The molecule has 2 aliphatic heterocycles. The van der Waals surface area contributed by atoms with Crippen LogP contribution in [0.3, 0.4) is 0 Å². The van der Waals surface area contributed by atoms with Crippen LogP contribution in [0.1, 0.15) is 28.1 Å². The summed E-state index contributed by atoms with van der Waals surface area (Å²) in [5, 5.41) is 24.7. The number of benzene rings is 6. The standard InChI is InChI=1S/C29H30N4O2.C28H25N5O2/c1-20-6-5-9-27(21(20)2)31-29(34)32-28-13-12-24(25-7-3-4-8-26(25)28)22-10-11-23(30-18-22)19-33-14-16-35-17-15-33;29-17-20-5-8-22(9-6-20)31-28(34)32-27-12-11-24(25-3-1-2-4-26(25)27)21-7-10-23(30-18-21)19-33-13-15-35-16-14-33/h3-13,18H,14-17,19H2,1-2H3,(H2,31,32,34);1-12,18H,13-16,19H2,(H2,31,32,34). The number of fused-ring (bicyclic) bond motifs is 2. The maximum Gasteiger partial charge on any atom is 0.323 e. The predicted octanol–water partition coefficient (Wildman–Crippen LogP) is 11.2. The Bertz CT molecular complexity index is 3140. The van der Waals surface area contributed by atoms with Crippen LogP contribution in [-0.4, -0.2) is 84.4 Å². The molecule has 0 aliphatic carbocycles. The van der Waals surface area contributed by atoms with Gasteiger partial charge >= 0.3 is 12.1 Å². The molecule has 4 N–H and O–H groups in total. The minimum Gasteiger partial charge on any atom is -0.379 e. The Morgan fingerprint density at radius 1 is 0.529 bits per heavy atom. The monoisotopic (exact) mass is 929 g/mol. The number of nitriles is 1. The van der Waals surface area contributed by atoms with Crippen molar-refractivity contribution in [3.63, 3.8) is 0 Å². The predicted molar refractivity (Wildman–Crippen MR) is 279 cm³/mol. The second-order valence-electron chi connectivity index (χ2n) is 17.4. The van der Waals surface area contributed by atoms with E-state index in [1.165, 1.54) is 0 Å². The van der Waals surface area contributed by atoms with Crippen LogP contribution in [-0.2, 0) is 22.6 Å². The molecule has 2 aromatic heterocycles. The number of hydrogen-bond acceptors (Lipinski definition) is 9. The van der Waals surface area contributed by atoms with Crippen molar-refractivity contribution in [3.05, 3.63) is 180 Å². The number of carbonyl (C=O) groups excluding carboxylic acids is 2. The number of nitrogens with zero attached hydrogens (tertiary/aromatic N) is 5. The molecule has 13 heteroatoms. The first-order valence-corrected chi connectivity index (χ1v) is 23.5. The van der Waals surface area contributed by atoms with E-state index in [1.807, 2.05) is 99.0 Å². The summed E-state index contributed by atoms with van der Waals surface area (Å²) in [7, 11) is 0. The van der Waals surface area contributed by atoms with Gasteiger partial charge in [-0.15, -0.1) is 0 Å². The molecule has 0 spiro atoms. The lowest BCUT2D eigenvalue weighted by Crippen LogP contribution is -2.35. The number of pyridine rings is 2. The van der Waals surface area contributed by atoms with E-state index in [0.717, 1.165) is 143 Å². The van der Waals surface area contributed by atoms with Gasteiger partial charge in [-0.25, -0.2) is 9.59 Å². The van der Waals surface area contributed by atoms with Crippen molar-refractivity contribution in [1.82, 2.24) is 19.8 Å². The zero-order valence-electron chi connectivity index (χ0n) is 39.4. The van der Waals surface area contributed by atoms with Gasteiger partial charge in [0.15, 0.2) is 0 Å². The molecule has 2 aliphatic rings. The molecule has 0 radical (unpaired) electrons. The molecule has 6 aromatic carbocycles. The number of hydrogen-bond donors (Lipinski definition) is 4. The van der Waals surface area contributed by atoms with E-state index in [1.54, 1.807) is 24.3 Å². The van der Waals surface area contributed by atoms with Gasteiger partial charge in [0.05, 0.1) is 60.8 Å².